The number of nitro benzene ring substituents is 1. The van der Waals surface area contributed by atoms with E-state index in [9.17, 15) is 28.1 Å². The minimum atomic E-state index is -4.53. The maximum Gasteiger partial charge on any atom is 0.416 e. The Morgan fingerprint density at radius 1 is 1.19 bits per heavy atom. The number of rotatable bonds is 3. The first-order chi connectivity index (χ1) is 12.6. The second kappa shape index (κ2) is 6.84. The smallest absolute Gasteiger partial charge is 0.402 e. The summed E-state index contributed by atoms with van der Waals surface area (Å²) >= 11 is 5.72. The first-order valence-corrected chi connectivity index (χ1v) is 7.67. The van der Waals surface area contributed by atoms with Crippen LogP contribution in [-0.4, -0.2) is 16.8 Å². The third-order valence-electron chi connectivity index (χ3n) is 3.53. The zero-order valence-corrected chi connectivity index (χ0v) is 13.9. The summed E-state index contributed by atoms with van der Waals surface area (Å²) in [5.41, 5.74) is -1.28. The highest BCUT2D eigenvalue weighted by atomic mass is 35.5. The van der Waals surface area contributed by atoms with E-state index < -0.39 is 28.3 Å². The lowest BCUT2D eigenvalue weighted by atomic mass is 10.1. The number of esters is 1. The van der Waals surface area contributed by atoms with E-state index in [1.807, 2.05) is 0 Å². The molecule has 0 N–H and O–H groups in total. The molecule has 0 radical (unpaired) electrons. The van der Waals surface area contributed by atoms with Gasteiger partial charge in [-0.25, -0.2) is 9.79 Å². The Morgan fingerprint density at radius 3 is 2.59 bits per heavy atom. The molecule has 0 aliphatic carbocycles. The monoisotopic (exact) mass is 396 g/mol. The fourth-order valence-corrected chi connectivity index (χ4v) is 2.47. The van der Waals surface area contributed by atoms with Gasteiger partial charge in [-0.05, 0) is 35.9 Å². The van der Waals surface area contributed by atoms with Gasteiger partial charge in [0, 0.05) is 11.6 Å². The second-order valence-corrected chi connectivity index (χ2v) is 5.79. The van der Waals surface area contributed by atoms with Crippen molar-refractivity contribution in [3.63, 3.8) is 0 Å². The van der Waals surface area contributed by atoms with E-state index in [0.29, 0.717) is 0 Å². The highest BCUT2D eigenvalue weighted by Gasteiger charge is 2.31. The van der Waals surface area contributed by atoms with Crippen LogP contribution in [0.3, 0.4) is 0 Å². The summed E-state index contributed by atoms with van der Waals surface area (Å²) in [5, 5.41) is 10.8. The molecule has 2 aromatic carbocycles. The van der Waals surface area contributed by atoms with Crippen LogP contribution in [0, 0.1) is 10.1 Å². The van der Waals surface area contributed by atoms with Gasteiger partial charge in [-0.2, -0.15) is 13.2 Å². The van der Waals surface area contributed by atoms with Crippen LogP contribution in [0.1, 0.15) is 16.7 Å². The minimum Gasteiger partial charge on any atom is -0.402 e. The molecule has 0 unspecified atom stereocenters. The predicted molar refractivity (Wildman–Crippen MR) is 90.2 cm³/mol. The van der Waals surface area contributed by atoms with Gasteiger partial charge in [-0.15, -0.1) is 0 Å². The molecule has 1 aliphatic rings. The van der Waals surface area contributed by atoms with Crippen LogP contribution in [0.15, 0.2) is 53.2 Å². The van der Waals surface area contributed by atoms with E-state index in [4.69, 9.17) is 16.3 Å². The number of alkyl halides is 3. The van der Waals surface area contributed by atoms with Gasteiger partial charge in [-0.1, -0.05) is 23.7 Å². The van der Waals surface area contributed by atoms with Crippen molar-refractivity contribution in [3.8, 4) is 0 Å². The highest BCUT2D eigenvalue weighted by Crippen LogP contribution is 2.31. The minimum absolute atomic E-state index is 0.101. The summed E-state index contributed by atoms with van der Waals surface area (Å²) in [6, 6.07) is 8.03. The van der Waals surface area contributed by atoms with E-state index in [0.717, 1.165) is 24.3 Å². The Bertz CT molecular complexity index is 1020. The lowest BCUT2D eigenvalue weighted by molar-refractivity contribution is -0.384. The van der Waals surface area contributed by atoms with E-state index >= 15 is 0 Å². The van der Waals surface area contributed by atoms with E-state index in [1.165, 1.54) is 24.3 Å². The molecule has 0 amide bonds. The summed E-state index contributed by atoms with van der Waals surface area (Å²) in [7, 11) is 0. The molecule has 0 spiro atoms. The molecule has 10 heteroatoms. The lowest BCUT2D eigenvalue weighted by Gasteiger charge is -2.06. The van der Waals surface area contributed by atoms with Crippen LogP contribution >= 0.6 is 11.6 Å². The summed E-state index contributed by atoms with van der Waals surface area (Å²) in [4.78, 5) is 26.1. The quantitative estimate of drug-likeness (QED) is 0.328. The van der Waals surface area contributed by atoms with E-state index in [1.54, 1.807) is 0 Å². The molecule has 0 bridgehead atoms. The molecular weight excluding hydrogens is 389 g/mol. The fraction of sp³-hybridized carbons (Fsp3) is 0.0588. The molecule has 0 fully saturated rings. The lowest BCUT2D eigenvalue weighted by Crippen LogP contribution is -2.06. The predicted octanol–water partition coefficient (Wildman–Crippen LogP) is 4.61. The molecule has 27 heavy (non-hydrogen) atoms. The van der Waals surface area contributed by atoms with Crippen LogP contribution in [0.4, 0.5) is 18.9 Å². The number of aliphatic imine (C=N–C) groups is 1. The van der Waals surface area contributed by atoms with Gasteiger partial charge in [0.25, 0.3) is 5.69 Å². The zero-order valence-electron chi connectivity index (χ0n) is 13.2. The Kier molecular flexibility index (Phi) is 4.71. The number of halogens is 4. The number of hydrogen-bond donors (Lipinski definition) is 0. The topological polar surface area (TPSA) is 81.8 Å². The van der Waals surface area contributed by atoms with Gasteiger partial charge < -0.3 is 4.74 Å². The van der Waals surface area contributed by atoms with Crippen molar-refractivity contribution in [2.45, 2.75) is 6.18 Å². The number of hydrogen-bond acceptors (Lipinski definition) is 5. The molecule has 1 aliphatic heterocycles. The number of benzene rings is 2. The Balaban J connectivity index is 1.97. The number of nitro groups is 1. The van der Waals surface area contributed by atoms with Crippen molar-refractivity contribution in [2.24, 2.45) is 4.99 Å². The molecule has 1 heterocycles. The molecule has 2 aromatic rings. The number of ether oxygens (including phenoxy) is 1. The number of cyclic esters (lactones) is 1. The zero-order chi connectivity index (χ0) is 19.8. The summed E-state index contributed by atoms with van der Waals surface area (Å²) < 4.78 is 43.3. The van der Waals surface area contributed by atoms with Crippen molar-refractivity contribution < 1.29 is 27.6 Å². The Morgan fingerprint density at radius 2 is 1.93 bits per heavy atom. The Labute approximate surface area is 154 Å². The van der Waals surface area contributed by atoms with Crippen LogP contribution in [0.25, 0.3) is 6.08 Å². The fourth-order valence-electron chi connectivity index (χ4n) is 2.28. The van der Waals surface area contributed by atoms with E-state index in [2.05, 4.69) is 4.99 Å². The van der Waals surface area contributed by atoms with Gasteiger partial charge >= 0.3 is 12.1 Å². The van der Waals surface area contributed by atoms with Crippen molar-refractivity contribution in [1.29, 1.82) is 0 Å². The summed E-state index contributed by atoms with van der Waals surface area (Å²) in [6.45, 7) is 0. The summed E-state index contributed by atoms with van der Waals surface area (Å²) in [5.74, 6) is -1.10. The van der Waals surface area contributed by atoms with E-state index in [-0.39, 0.29) is 27.7 Å². The Hall–Kier alpha value is -3.20. The van der Waals surface area contributed by atoms with Crippen molar-refractivity contribution in [3.05, 3.63) is 80.0 Å². The normalized spacial score (nSPS) is 15.6. The summed E-state index contributed by atoms with van der Waals surface area (Å²) in [6.07, 6.45) is -3.39. The first-order valence-electron chi connectivity index (χ1n) is 7.29. The average molecular weight is 397 g/mol. The molecular formula is C17H8ClF3N2O4. The van der Waals surface area contributed by atoms with Gasteiger partial charge in [0.1, 0.15) is 5.02 Å². The van der Waals surface area contributed by atoms with Gasteiger partial charge in [0.05, 0.1) is 10.5 Å². The molecule has 0 aromatic heterocycles. The molecule has 138 valence electrons. The maximum absolute atomic E-state index is 12.8. The SMILES string of the molecule is O=C1OC(c2ccc(Cl)c([N+](=O)[O-])c2)=N/C1=C\c1cccc(C(F)(F)F)c1. The van der Waals surface area contributed by atoms with Crippen LogP contribution in [0.5, 0.6) is 0 Å². The molecule has 0 saturated heterocycles. The second-order valence-electron chi connectivity index (χ2n) is 5.38. The highest BCUT2D eigenvalue weighted by molar-refractivity contribution is 6.32. The number of carbonyl (C=O) groups excluding carboxylic acids is 1. The van der Waals surface area contributed by atoms with Gasteiger partial charge in [0.2, 0.25) is 5.90 Å². The van der Waals surface area contributed by atoms with Gasteiger partial charge in [-0.3, -0.25) is 10.1 Å². The number of nitrogens with zero attached hydrogens (tertiary/aromatic N) is 2. The molecule has 3 rings (SSSR count). The maximum atomic E-state index is 12.8. The van der Waals surface area contributed by atoms with Crippen molar-refractivity contribution in [1.82, 2.24) is 0 Å². The number of carbonyl (C=O) groups is 1. The van der Waals surface area contributed by atoms with Crippen molar-refractivity contribution in [2.75, 3.05) is 0 Å². The van der Waals surface area contributed by atoms with Crippen molar-refractivity contribution >= 4 is 35.2 Å². The molecule has 0 saturated carbocycles. The van der Waals surface area contributed by atoms with Gasteiger partial charge in [0.15, 0.2) is 5.70 Å². The van der Waals surface area contributed by atoms with Crippen LogP contribution in [0.2, 0.25) is 5.02 Å². The van der Waals surface area contributed by atoms with Crippen LogP contribution in [-0.2, 0) is 15.7 Å². The third-order valence-corrected chi connectivity index (χ3v) is 3.85. The standard InChI is InChI=1S/C17H8ClF3N2O4/c18-12-5-4-10(8-14(12)23(25)26)15-22-13(16(24)27-15)7-9-2-1-3-11(6-9)17(19,20)21/h1-8H/b13-7-. The largest absolute Gasteiger partial charge is 0.416 e. The molecule has 0 atom stereocenters. The molecule has 6 nitrogen and oxygen atoms in total. The third kappa shape index (κ3) is 3.98. The average Bonchev–Trinajstić information content (AvgIpc) is 2.95. The first kappa shape index (κ1) is 18.6. The van der Waals surface area contributed by atoms with Crippen LogP contribution < -0.4 is 0 Å².